The summed E-state index contributed by atoms with van der Waals surface area (Å²) in [5, 5.41) is 22.7. The van der Waals surface area contributed by atoms with Crippen molar-refractivity contribution >= 4 is 0 Å². The molecule has 186 valence electrons. The van der Waals surface area contributed by atoms with Crippen molar-refractivity contribution in [3.63, 3.8) is 0 Å². The van der Waals surface area contributed by atoms with E-state index in [2.05, 4.69) is 55.4 Å². The summed E-state index contributed by atoms with van der Waals surface area (Å²) >= 11 is 0. The maximum Gasteiger partial charge on any atom is 0.0854 e. The van der Waals surface area contributed by atoms with Crippen molar-refractivity contribution in [2.24, 2.45) is 44.8 Å². The van der Waals surface area contributed by atoms with E-state index in [9.17, 15) is 10.2 Å². The summed E-state index contributed by atoms with van der Waals surface area (Å²) in [5.74, 6) is 1.82. The van der Waals surface area contributed by atoms with Gasteiger partial charge in [0.05, 0.1) is 23.9 Å². The number of rotatable bonds is 0. The highest BCUT2D eigenvalue weighted by molar-refractivity contribution is 5.44. The fraction of sp³-hybridized carbons (Fsp3) is 0.933. The van der Waals surface area contributed by atoms with E-state index in [1.165, 1.54) is 24.8 Å². The summed E-state index contributed by atoms with van der Waals surface area (Å²) in [7, 11) is 0. The fourth-order valence-corrected chi connectivity index (χ4v) is 11.4. The molecule has 0 aromatic heterocycles. The van der Waals surface area contributed by atoms with Crippen LogP contribution in [0.15, 0.2) is 11.1 Å². The zero-order valence-corrected chi connectivity index (χ0v) is 22.4. The molecular formula is C30H48O3. The third kappa shape index (κ3) is 2.19. The summed E-state index contributed by atoms with van der Waals surface area (Å²) in [6, 6.07) is 0. The number of ether oxygens (including phenoxy) is 1. The molecule has 6 rings (SSSR count). The molecule has 1 saturated heterocycles. The van der Waals surface area contributed by atoms with Crippen LogP contribution in [0.3, 0.4) is 0 Å². The summed E-state index contributed by atoms with van der Waals surface area (Å²) < 4.78 is 7.23. The number of hydrogen-bond donors (Lipinski definition) is 2. The number of aliphatic hydroxyl groups excluding tert-OH is 2. The highest BCUT2D eigenvalue weighted by Crippen LogP contribution is 2.83. The van der Waals surface area contributed by atoms with Crippen molar-refractivity contribution in [1.29, 1.82) is 0 Å². The van der Waals surface area contributed by atoms with Crippen molar-refractivity contribution in [3.8, 4) is 0 Å². The second-order valence-electron chi connectivity index (χ2n) is 14.9. The molecule has 33 heavy (non-hydrogen) atoms. The van der Waals surface area contributed by atoms with E-state index in [0.717, 1.165) is 32.1 Å². The van der Waals surface area contributed by atoms with Crippen LogP contribution in [-0.2, 0) is 4.74 Å². The lowest BCUT2D eigenvalue weighted by molar-refractivity contribution is -0.446. The van der Waals surface area contributed by atoms with Gasteiger partial charge in [-0.05, 0) is 73.5 Å². The van der Waals surface area contributed by atoms with Crippen LogP contribution in [0.1, 0.15) is 107 Å². The topological polar surface area (TPSA) is 49.7 Å². The Kier molecular flexibility index (Phi) is 4.40. The van der Waals surface area contributed by atoms with Crippen molar-refractivity contribution in [1.82, 2.24) is 0 Å². The molecule has 11 unspecified atom stereocenters. The van der Waals surface area contributed by atoms with Gasteiger partial charge in [0.25, 0.3) is 0 Å². The minimum Gasteiger partial charge on any atom is -0.392 e. The normalized spacial score (nSPS) is 61.3. The third-order valence-corrected chi connectivity index (χ3v) is 13.9. The molecule has 3 nitrogen and oxygen atoms in total. The quantitative estimate of drug-likeness (QED) is 0.422. The molecule has 0 bridgehead atoms. The molecule has 1 aliphatic heterocycles. The van der Waals surface area contributed by atoms with E-state index in [0.29, 0.717) is 17.8 Å². The van der Waals surface area contributed by atoms with Gasteiger partial charge in [0.1, 0.15) is 0 Å². The summed E-state index contributed by atoms with van der Waals surface area (Å²) in [6.45, 7) is 19.5. The average Bonchev–Trinajstić information content (AvgIpc) is 2.74. The van der Waals surface area contributed by atoms with Crippen LogP contribution >= 0.6 is 0 Å². The molecule has 6 aliphatic rings. The molecule has 0 aromatic rings. The van der Waals surface area contributed by atoms with Gasteiger partial charge in [-0.15, -0.1) is 0 Å². The summed E-state index contributed by atoms with van der Waals surface area (Å²) in [4.78, 5) is 0. The highest BCUT2D eigenvalue weighted by Gasteiger charge is 2.84. The SMILES string of the molecule is CC1CCC2(C)C(O)CC34OC5CC6=C(CCC(O)C6(C)C)C(C)(CCC3(C)C2C1C)C54C. The zero-order valence-electron chi connectivity index (χ0n) is 22.4. The van der Waals surface area contributed by atoms with Gasteiger partial charge in [-0.3, -0.25) is 0 Å². The molecule has 0 amide bonds. The van der Waals surface area contributed by atoms with Gasteiger partial charge < -0.3 is 14.9 Å². The van der Waals surface area contributed by atoms with Crippen molar-refractivity contribution in [2.45, 2.75) is 131 Å². The largest absolute Gasteiger partial charge is 0.392 e. The molecule has 3 heteroatoms. The Bertz CT molecular complexity index is 922. The lowest BCUT2D eigenvalue weighted by Gasteiger charge is -2.84. The van der Waals surface area contributed by atoms with Gasteiger partial charge >= 0.3 is 0 Å². The Morgan fingerprint density at radius 1 is 0.848 bits per heavy atom. The first-order valence-corrected chi connectivity index (χ1v) is 14.0. The molecule has 0 radical (unpaired) electrons. The summed E-state index contributed by atoms with van der Waals surface area (Å²) in [5.41, 5.74) is 2.97. The highest BCUT2D eigenvalue weighted by atomic mass is 16.5. The maximum atomic E-state index is 11.8. The number of allylic oxidation sites excluding steroid dienone is 1. The van der Waals surface area contributed by atoms with E-state index >= 15 is 0 Å². The smallest absolute Gasteiger partial charge is 0.0854 e. The molecule has 5 aliphatic carbocycles. The van der Waals surface area contributed by atoms with Gasteiger partial charge in [-0.1, -0.05) is 66.5 Å². The van der Waals surface area contributed by atoms with Gasteiger partial charge in [0.2, 0.25) is 0 Å². The lowest BCUT2D eigenvalue weighted by Crippen LogP contribution is -2.86. The van der Waals surface area contributed by atoms with Crippen LogP contribution in [0.2, 0.25) is 0 Å². The third-order valence-electron chi connectivity index (χ3n) is 13.9. The zero-order chi connectivity index (χ0) is 24.0. The molecule has 3 saturated carbocycles. The standard InChI is InChI=1S/C30H48O3/c1-17-11-12-26(5)22(32)16-30-28(7,24(26)18(17)2)14-13-27(6)19-9-10-21(31)25(3,4)20(19)15-23(33-30)29(27,30)8/h17-18,21-24,31-32H,9-16H2,1-8H3. The monoisotopic (exact) mass is 456 g/mol. The lowest BCUT2D eigenvalue weighted by atomic mass is 9.28. The Balaban J connectivity index is 1.52. The van der Waals surface area contributed by atoms with Crippen LogP contribution in [0.25, 0.3) is 0 Å². The van der Waals surface area contributed by atoms with Crippen LogP contribution in [-0.4, -0.2) is 34.1 Å². The van der Waals surface area contributed by atoms with Gasteiger partial charge in [-0.2, -0.15) is 0 Å². The van der Waals surface area contributed by atoms with Crippen molar-refractivity contribution in [2.75, 3.05) is 0 Å². The Morgan fingerprint density at radius 3 is 2.24 bits per heavy atom. The number of hydrogen-bond acceptors (Lipinski definition) is 3. The minimum atomic E-state index is -0.286. The number of fused-ring (bicyclic) bond motifs is 3. The van der Waals surface area contributed by atoms with Crippen molar-refractivity contribution < 1.29 is 14.9 Å². The van der Waals surface area contributed by atoms with E-state index in [4.69, 9.17) is 4.74 Å². The number of aliphatic hydroxyl groups is 2. The first kappa shape index (κ1) is 23.0. The second kappa shape index (κ2) is 6.30. The van der Waals surface area contributed by atoms with Gasteiger partial charge in [0.15, 0.2) is 0 Å². The molecule has 1 heterocycles. The van der Waals surface area contributed by atoms with Crippen LogP contribution < -0.4 is 0 Å². The Hall–Kier alpha value is -0.380. The summed E-state index contributed by atoms with van der Waals surface area (Å²) in [6.07, 6.45) is 8.13. The predicted molar refractivity (Wildman–Crippen MR) is 132 cm³/mol. The van der Waals surface area contributed by atoms with Crippen molar-refractivity contribution in [3.05, 3.63) is 11.1 Å². The molecular weight excluding hydrogens is 408 g/mol. The van der Waals surface area contributed by atoms with Crippen LogP contribution in [0.5, 0.6) is 0 Å². The van der Waals surface area contributed by atoms with Gasteiger partial charge in [-0.25, -0.2) is 0 Å². The van der Waals surface area contributed by atoms with E-state index in [-0.39, 0.29) is 51.0 Å². The van der Waals surface area contributed by atoms with E-state index in [1.54, 1.807) is 5.57 Å². The van der Waals surface area contributed by atoms with Crippen LogP contribution in [0, 0.1) is 44.8 Å². The Labute approximate surface area is 201 Å². The van der Waals surface area contributed by atoms with Gasteiger partial charge in [0, 0.05) is 22.7 Å². The second-order valence-corrected chi connectivity index (χ2v) is 14.9. The fourth-order valence-electron chi connectivity index (χ4n) is 11.4. The first-order chi connectivity index (χ1) is 15.2. The average molecular weight is 457 g/mol. The van der Waals surface area contributed by atoms with E-state index in [1.807, 2.05) is 0 Å². The molecule has 2 N–H and O–H groups in total. The molecule has 1 spiro atoms. The molecule has 11 atom stereocenters. The minimum absolute atomic E-state index is 0.000505. The molecule has 0 aromatic carbocycles. The van der Waals surface area contributed by atoms with E-state index < -0.39 is 0 Å². The predicted octanol–water partition coefficient (Wildman–Crippen LogP) is 6.27. The molecule has 4 fully saturated rings. The Morgan fingerprint density at radius 2 is 1.55 bits per heavy atom. The maximum absolute atomic E-state index is 11.8. The first-order valence-electron chi connectivity index (χ1n) is 14.0. The van der Waals surface area contributed by atoms with Crippen LogP contribution in [0.4, 0.5) is 0 Å².